The lowest BCUT2D eigenvalue weighted by Gasteiger charge is -2.37. The van der Waals surface area contributed by atoms with E-state index in [-0.39, 0.29) is 24.4 Å². The van der Waals surface area contributed by atoms with Crippen LogP contribution in [-0.2, 0) is 4.79 Å². The Morgan fingerprint density at radius 1 is 1.17 bits per heavy atom. The highest BCUT2D eigenvalue weighted by Gasteiger charge is 2.22. The van der Waals surface area contributed by atoms with Crippen molar-refractivity contribution >= 4 is 11.6 Å². The van der Waals surface area contributed by atoms with Crippen LogP contribution in [0.25, 0.3) is 0 Å². The first-order valence-electron chi connectivity index (χ1n) is 10.2. The summed E-state index contributed by atoms with van der Waals surface area (Å²) in [6, 6.07) is 12.1. The first kappa shape index (κ1) is 21.1. The molecule has 1 fully saturated rings. The monoisotopic (exact) mass is 399 g/mol. The van der Waals surface area contributed by atoms with Crippen LogP contribution >= 0.6 is 0 Å². The molecule has 0 aliphatic carbocycles. The van der Waals surface area contributed by atoms with Crippen LogP contribution in [0.2, 0.25) is 0 Å². The quantitative estimate of drug-likeness (QED) is 0.774. The van der Waals surface area contributed by atoms with Crippen LogP contribution in [0.3, 0.4) is 0 Å². The number of para-hydroxylation sites is 1. The zero-order chi connectivity index (χ0) is 20.8. The summed E-state index contributed by atoms with van der Waals surface area (Å²) >= 11 is 0. The maximum absolute atomic E-state index is 14.0. The summed E-state index contributed by atoms with van der Waals surface area (Å²) in [4.78, 5) is 17.1. The van der Waals surface area contributed by atoms with E-state index in [1.807, 2.05) is 44.2 Å². The molecular weight excluding hydrogens is 369 g/mol. The topological polar surface area (TPSA) is 44.8 Å². The van der Waals surface area contributed by atoms with Crippen molar-refractivity contribution in [2.24, 2.45) is 0 Å². The molecule has 3 rings (SSSR count). The van der Waals surface area contributed by atoms with Crippen molar-refractivity contribution in [3.8, 4) is 5.75 Å². The highest BCUT2D eigenvalue weighted by atomic mass is 19.1. The van der Waals surface area contributed by atoms with Gasteiger partial charge in [-0.3, -0.25) is 4.79 Å². The van der Waals surface area contributed by atoms with Gasteiger partial charge >= 0.3 is 0 Å². The van der Waals surface area contributed by atoms with Crippen molar-refractivity contribution in [3.05, 3.63) is 59.4 Å². The molecule has 2 aromatic rings. The number of hydrogen-bond donors (Lipinski definition) is 1. The van der Waals surface area contributed by atoms with Crippen LogP contribution in [-0.4, -0.2) is 50.1 Å². The number of nitrogens with one attached hydrogen (secondary N) is 1. The lowest BCUT2D eigenvalue weighted by atomic mass is 10.0. The van der Waals surface area contributed by atoms with Gasteiger partial charge in [-0.25, -0.2) is 4.39 Å². The van der Waals surface area contributed by atoms with Crippen molar-refractivity contribution in [1.82, 2.24) is 10.2 Å². The predicted octanol–water partition coefficient (Wildman–Crippen LogP) is 3.53. The van der Waals surface area contributed by atoms with E-state index in [1.54, 1.807) is 0 Å². The Hall–Kier alpha value is -2.60. The van der Waals surface area contributed by atoms with Gasteiger partial charge in [0.15, 0.2) is 6.61 Å². The van der Waals surface area contributed by atoms with E-state index in [1.165, 1.54) is 12.1 Å². The van der Waals surface area contributed by atoms with E-state index < -0.39 is 0 Å². The molecule has 0 saturated carbocycles. The molecular formula is C23H30FN3O2. The molecule has 1 aliphatic rings. The van der Waals surface area contributed by atoms with Crippen molar-refractivity contribution in [2.75, 3.05) is 44.2 Å². The number of carbonyl (C=O) groups excluding carboxylic acids is 1. The second-order valence-electron chi connectivity index (χ2n) is 7.47. The summed E-state index contributed by atoms with van der Waals surface area (Å²) < 4.78 is 19.6. The zero-order valence-electron chi connectivity index (χ0n) is 17.5. The van der Waals surface area contributed by atoms with Crippen molar-refractivity contribution in [2.45, 2.75) is 26.8 Å². The molecule has 1 heterocycles. The van der Waals surface area contributed by atoms with Gasteiger partial charge < -0.3 is 19.9 Å². The van der Waals surface area contributed by atoms with Crippen LogP contribution in [0.15, 0.2) is 42.5 Å². The Labute approximate surface area is 172 Å². The summed E-state index contributed by atoms with van der Waals surface area (Å²) in [5.74, 6) is 0.163. The number of anilines is 1. The average Bonchev–Trinajstić information content (AvgIpc) is 2.73. The van der Waals surface area contributed by atoms with Gasteiger partial charge in [-0.15, -0.1) is 0 Å². The normalized spacial score (nSPS) is 15.8. The standard InChI is InChI=1S/C23H30FN3O2/c1-4-26-11-13-27(14-12-26)21-10-9-19(24)15-20(21)18(3)25-23(28)16-29-22-8-6-5-7-17(22)2/h5-10,15,18H,4,11-14,16H2,1-3H3,(H,25,28). The van der Waals surface area contributed by atoms with Crippen molar-refractivity contribution in [1.29, 1.82) is 0 Å². The van der Waals surface area contributed by atoms with Crippen LogP contribution in [0.1, 0.15) is 31.0 Å². The number of hydrogen-bond acceptors (Lipinski definition) is 4. The highest BCUT2D eigenvalue weighted by Crippen LogP contribution is 2.28. The van der Waals surface area contributed by atoms with Crippen molar-refractivity contribution < 1.29 is 13.9 Å². The Morgan fingerprint density at radius 2 is 1.90 bits per heavy atom. The molecule has 5 nitrogen and oxygen atoms in total. The third-order valence-electron chi connectivity index (χ3n) is 5.45. The molecule has 0 aromatic heterocycles. The fourth-order valence-corrected chi connectivity index (χ4v) is 3.69. The molecule has 1 saturated heterocycles. The second kappa shape index (κ2) is 9.74. The fourth-order valence-electron chi connectivity index (χ4n) is 3.69. The second-order valence-corrected chi connectivity index (χ2v) is 7.47. The number of ether oxygens (including phenoxy) is 1. The number of carbonyl (C=O) groups is 1. The Morgan fingerprint density at radius 3 is 2.59 bits per heavy atom. The average molecular weight is 400 g/mol. The molecule has 1 aliphatic heterocycles. The Balaban J connectivity index is 1.65. The van der Waals surface area contributed by atoms with E-state index in [0.717, 1.165) is 49.5 Å². The number of piperazine rings is 1. The SMILES string of the molecule is CCN1CCN(c2ccc(F)cc2C(C)NC(=O)COc2ccccc2C)CC1. The number of aryl methyl sites for hydroxylation is 1. The summed E-state index contributed by atoms with van der Waals surface area (Å²) in [6.07, 6.45) is 0. The van der Waals surface area contributed by atoms with Gasteiger partial charge in [-0.1, -0.05) is 25.1 Å². The van der Waals surface area contributed by atoms with Gasteiger partial charge in [0.2, 0.25) is 0 Å². The van der Waals surface area contributed by atoms with E-state index in [2.05, 4.69) is 22.0 Å². The Bertz CT molecular complexity index is 835. The predicted molar refractivity (Wildman–Crippen MR) is 114 cm³/mol. The molecule has 29 heavy (non-hydrogen) atoms. The number of halogens is 1. The number of rotatable bonds is 7. The lowest BCUT2D eigenvalue weighted by Crippen LogP contribution is -2.46. The van der Waals surface area contributed by atoms with Gasteiger partial charge in [0, 0.05) is 37.4 Å². The zero-order valence-corrected chi connectivity index (χ0v) is 17.5. The first-order valence-corrected chi connectivity index (χ1v) is 10.2. The van der Waals surface area contributed by atoms with Crippen LogP contribution in [0.4, 0.5) is 10.1 Å². The first-order chi connectivity index (χ1) is 14.0. The third kappa shape index (κ3) is 5.48. The van der Waals surface area contributed by atoms with Gasteiger partial charge in [0.05, 0.1) is 6.04 Å². The third-order valence-corrected chi connectivity index (χ3v) is 5.45. The van der Waals surface area contributed by atoms with Crippen LogP contribution in [0, 0.1) is 12.7 Å². The number of likely N-dealkylation sites (N-methyl/N-ethyl adjacent to an activating group) is 1. The highest BCUT2D eigenvalue weighted by molar-refractivity contribution is 5.78. The van der Waals surface area contributed by atoms with Crippen molar-refractivity contribution in [3.63, 3.8) is 0 Å². The molecule has 1 amide bonds. The maximum Gasteiger partial charge on any atom is 0.258 e. The molecule has 156 valence electrons. The summed E-state index contributed by atoms with van der Waals surface area (Å²) in [6.45, 7) is 10.7. The molecule has 6 heteroatoms. The van der Waals surface area contributed by atoms with Gasteiger partial charge in [0.1, 0.15) is 11.6 Å². The van der Waals surface area contributed by atoms with E-state index in [4.69, 9.17) is 4.74 Å². The number of nitrogens with zero attached hydrogens (tertiary/aromatic N) is 2. The van der Waals surface area contributed by atoms with Gasteiger partial charge in [-0.05, 0) is 50.2 Å². The van der Waals surface area contributed by atoms with Crippen LogP contribution < -0.4 is 15.0 Å². The maximum atomic E-state index is 14.0. The minimum absolute atomic E-state index is 0.0744. The minimum atomic E-state index is -0.321. The lowest BCUT2D eigenvalue weighted by molar-refractivity contribution is -0.123. The van der Waals surface area contributed by atoms with Crippen LogP contribution in [0.5, 0.6) is 5.75 Å². The molecule has 0 spiro atoms. The van der Waals surface area contributed by atoms with E-state index in [9.17, 15) is 9.18 Å². The van der Waals surface area contributed by atoms with Gasteiger partial charge in [0.25, 0.3) is 5.91 Å². The molecule has 0 bridgehead atoms. The molecule has 1 unspecified atom stereocenters. The molecule has 1 atom stereocenters. The van der Waals surface area contributed by atoms with E-state index >= 15 is 0 Å². The summed E-state index contributed by atoms with van der Waals surface area (Å²) in [7, 11) is 0. The smallest absolute Gasteiger partial charge is 0.258 e. The summed E-state index contributed by atoms with van der Waals surface area (Å²) in [5.41, 5.74) is 2.75. The summed E-state index contributed by atoms with van der Waals surface area (Å²) in [5, 5.41) is 2.94. The molecule has 0 radical (unpaired) electrons. The van der Waals surface area contributed by atoms with E-state index in [0.29, 0.717) is 5.75 Å². The molecule has 2 aromatic carbocycles. The number of amides is 1. The largest absolute Gasteiger partial charge is 0.484 e. The Kier molecular flexibility index (Phi) is 7.09. The number of benzene rings is 2. The van der Waals surface area contributed by atoms with Gasteiger partial charge in [-0.2, -0.15) is 0 Å². The minimum Gasteiger partial charge on any atom is -0.484 e. The fraction of sp³-hybridized carbons (Fsp3) is 0.435. The molecule has 1 N–H and O–H groups in total.